The number of thiocarbonyl (C=S) groups is 1. The fourth-order valence-electron chi connectivity index (χ4n) is 1.87. The Morgan fingerprint density at radius 3 is 2.35 bits per heavy atom. The van der Waals surface area contributed by atoms with E-state index in [9.17, 15) is 0 Å². The van der Waals surface area contributed by atoms with E-state index < -0.39 is 0 Å². The van der Waals surface area contributed by atoms with Crippen molar-refractivity contribution in [1.82, 2.24) is 4.90 Å². The van der Waals surface area contributed by atoms with E-state index in [4.69, 9.17) is 23.8 Å². The molecule has 1 N–H and O–H groups in total. The van der Waals surface area contributed by atoms with Gasteiger partial charge in [-0.3, -0.25) is 0 Å². The molecule has 0 radical (unpaired) electrons. The summed E-state index contributed by atoms with van der Waals surface area (Å²) in [5.74, 6) is 0. The maximum Gasteiger partial charge on any atom is 0.173 e. The molecule has 0 aliphatic rings. The third-order valence-electron chi connectivity index (χ3n) is 2.98. The van der Waals surface area contributed by atoms with Gasteiger partial charge in [-0.25, -0.2) is 0 Å². The van der Waals surface area contributed by atoms with Crippen LogP contribution >= 0.6 is 23.8 Å². The summed E-state index contributed by atoms with van der Waals surface area (Å²) in [5.41, 5.74) is 2.19. The first-order valence-corrected chi connectivity index (χ1v) is 7.33. The van der Waals surface area contributed by atoms with Crippen molar-refractivity contribution in [3.05, 3.63) is 65.2 Å². The third kappa shape index (κ3) is 4.22. The van der Waals surface area contributed by atoms with Crippen molar-refractivity contribution < 1.29 is 0 Å². The fourth-order valence-corrected chi connectivity index (χ4v) is 2.30. The van der Waals surface area contributed by atoms with Crippen molar-refractivity contribution >= 4 is 34.6 Å². The molecule has 2 rings (SSSR count). The second-order valence-electron chi connectivity index (χ2n) is 4.44. The number of benzene rings is 2. The van der Waals surface area contributed by atoms with E-state index in [2.05, 4.69) is 29.3 Å². The SMILES string of the molecule is CCN(Cc1ccccc1)C(=S)Nc1ccc(Cl)cc1. The highest BCUT2D eigenvalue weighted by molar-refractivity contribution is 7.80. The predicted octanol–water partition coefficient (Wildman–Crippen LogP) is 4.56. The maximum atomic E-state index is 5.87. The van der Waals surface area contributed by atoms with Crippen LogP contribution in [0.5, 0.6) is 0 Å². The molecule has 2 aromatic carbocycles. The monoisotopic (exact) mass is 304 g/mol. The molecule has 0 saturated carbocycles. The van der Waals surface area contributed by atoms with Crippen molar-refractivity contribution in [2.24, 2.45) is 0 Å². The third-order valence-corrected chi connectivity index (χ3v) is 3.59. The number of anilines is 1. The molecule has 0 bridgehead atoms. The number of nitrogens with zero attached hydrogens (tertiary/aromatic N) is 1. The number of rotatable bonds is 4. The maximum absolute atomic E-state index is 5.87. The van der Waals surface area contributed by atoms with Crippen molar-refractivity contribution in [3.8, 4) is 0 Å². The van der Waals surface area contributed by atoms with E-state index in [0.29, 0.717) is 0 Å². The zero-order valence-corrected chi connectivity index (χ0v) is 12.9. The average molecular weight is 305 g/mol. The molecule has 2 aromatic rings. The van der Waals surface area contributed by atoms with Gasteiger partial charge in [-0.1, -0.05) is 41.9 Å². The molecule has 20 heavy (non-hydrogen) atoms. The van der Waals surface area contributed by atoms with E-state index >= 15 is 0 Å². The van der Waals surface area contributed by atoms with Gasteiger partial charge in [0.25, 0.3) is 0 Å². The smallest absolute Gasteiger partial charge is 0.173 e. The van der Waals surface area contributed by atoms with Gasteiger partial charge in [0.05, 0.1) is 0 Å². The molecule has 0 saturated heterocycles. The molecule has 0 aliphatic heterocycles. The minimum atomic E-state index is 0.720. The van der Waals surface area contributed by atoms with E-state index in [0.717, 1.165) is 28.9 Å². The van der Waals surface area contributed by atoms with Crippen LogP contribution in [0, 0.1) is 0 Å². The normalized spacial score (nSPS) is 10.1. The van der Waals surface area contributed by atoms with E-state index in [1.807, 2.05) is 42.5 Å². The Balaban J connectivity index is 2.00. The minimum absolute atomic E-state index is 0.720. The summed E-state index contributed by atoms with van der Waals surface area (Å²) in [6, 6.07) is 17.8. The molecule has 0 spiro atoms. The zero-order chi connectivity index (χ0) is 14.4. The van der Waals surface area contributed by atoms with Gasteiger partial charge in [-0.05, 0) is 49.0 Å². The standard InChI is InChI=1S/C16H17ClN2S/c1-2-19(12-13-6-4-3-5-7-13)16(20)18-15-10-8-14(17)9-11-15/h3-11H,2,12H2,1H3,(H,18,20). The lowest BCUT2D eigenvalue weighted by Gasteiger charge is -2.24. The largest absolute Gasteiger partial charge is 0.345 e. The Labute approximate surface area is 130 Å². The predicted molar refractivity (Wildman–Crippen MR) is 90.2 cm³/mol. The highest BCUT2D eigenvalue weighted by atomic mass is 35.5. The van der Waals surface area contributed by atoms with Crippen LogP contribution in [0.4, 0.5) is 5.69 Å². The second-order valence-corrected chi connectivity index (χ2v) is 5.26. The summed E-state index contributed by atoms with van der Waals surface area (Å²) in [7, 11) is 0. The van der Waals surface area contributed by atoms with Gasteiger partial charge in [-0.15, -0.1) is 0 Å². The lowest BCUT2D eigenvalue weighted by molar-refractivity contribution is 0.442. The molecular weight excluding hydrogens is 288 g/mol. The van der Waals surface area contributed by atoms with Gasteiger partial charge >= 0.3 is 0 Å². The first-order valence-electron chi connectivity index (χ1n) is 6.54. The molecular formula is C16H17ClN2S. The number of halogens is 1. The van der Waals surface area contributed by atoms with Crippen molar-refractivity contribution in [1.29, 1.82) is 0 Å². The summed E-state index contributed by atoms with van der Waals surface area (Å²) < 4.78 is 0. The van der Waals surface area contributed by atoms with Crippen LogP contribution in [0.1, 0.15) is 12.5 Å². The van der Waals surface area contributed by atoms with Crippen LogP contribution in [0.25, 0.3) is 0 Å². The lowest BCUT2D eigenvalue weighted by Crippen LogP contribution is -2.34. The summed E-state index contributed by atoms with van der Waals surface area (Å²) in [4.78, 5) is 2.12. The van der Waals surface area contributed by atoms with Gasteiger partial charge in [0.2, 0.25) is 0 Å². The summed E-state index contributed by atoms with van der Waals surface area (Å²) in [5, 5.41) is 4.68. The molecule has 0 aliphatic carbocycles. The second kappa shape index (κ2) is 7.27. The van der Waals surface area contributed by atoms with Crippen LogP contribution in [0.3, 0.4) is 0 Å². The van der Waals surface area contributed by atoms with Crippen LogP contribution in [0.2, 0.25) is 5.02 Å². The molecule has 4 heteroatoms. The van der Waals surface area contributed by atoms with Gasteiger partial charge < -0.3 is 10.2 Å². The molecule has 104 valence electrons. The molecule has 0 unspecified atom stereocenters. The Morgan fingerprint density at radius 1 is 1.10 bits per heavy atom. The summed E-state index contributed by atoms with van der Waals surface area (Å²) in [6.45, 7) is 3.75. The fraction of sp³-hybridized carbons (Fsp3) is 0.188. The quantitative estimate of drug-likeness (QED) is 0.834. The first-order chi connectivity index (χ1) is 9.69. The van der Waals surface area contributed by atoms with E-state index in [-0.39, 0.29) is 0 Å². The van der Waals surface area contributed by atoms with Crippen LogP contribution in [0.15, 0.2) is 54.6 Å². The molecule has 0 amide bonds. The van der Waals surface area contributed by atoms with Crippen LogP contribution in [-0.4, -0.2) is 16.6 Å². The molecule has 2 nitrogen and oxygen atoms in total. The van der Waals surface area contributed by atoms with Crippen LogP contribution < -0.4 is 5.32 Å². The van der Waals surface area contributed by atoms with E-state index in [1.165, 1.54) is 5.56 Å². The number of nitrogens with one attached hydrogen (secondary N) is 1. The van der Waals surface area contributed by atoms with Crippen molar-refractivity contribution in [3.63, 3.8) is 0 Å². The Kier molecular flexibility index (Phi) is 5.39. The highest BCUT2D eigenvalue weighted by Crippen LogP contribution is 2.14. The van der Waals surface area contributed by atoms with Gasteiger partial charge in [0.15, 0.2) is 5.11 Å². The first kappa shape index (κ1) is 14.8. The number of hydrogen-bond donors (Lipinski definition) is 1. The molecule has 0 heterocycles. The van der Waals surface area contributed by atoms with Gasteiger partial charge in [0.1, 0.15) is 0 Å². The van der Waals surface area contributed by atoms with Crippen LogP contribution in [-0.2, 0) is 6.54 Å². The molecule has 0 aromatic heterocycles. The summed E-state index contributed by atoms with van der Waals surface area (Å²) in [6.07, 6.45) is 0. The van der Waals surface area contributed by atoms with Gasteiger partial charge in [0, 0.05) is 23.8 Å². The zero-order valence-electron chi connectivity index (χ0n) is 11.3. The van der Waals surface area contributed by atoms with Gasteiger partial charge in [-0.2, -0.15) is 0 Å². The minimum Gasteiger partial charge on any atom is -0.345 e. The lowest BCUT2D eigenvalue weighted by atomic mass is 10.2. The van der Waals surface area contributed by atoms with Crippen molar-refractivity contribution in [2.75, 3.05) is 11.9 Å². The number of hydrogen-bond acceptors (Lipinski definition) is 1. The highest BCUT2D eigenvalue weighted by Gasteiger charge is 2.08. The average Bonchev–Trinajstić information content (AvgIpc) is 2.48. The Morgan fingerprint density at radius 2 is 1.75 bits per heavy atom. The molecule has 0 fully saturated rings. The Bertz CT molecular complexity index is 554. The van der Waals surface area contributed by atoms with Crippen molar-refractivity contribution in [2.45, 2.75) is 13.5 Å². The molecule has 0 atom stereocenters. The topological polar surface area (TPSA) is 15.3 Å². The van der Waals surface area contributed by atoms with E-state index in [1.54, 1.807) is 0 Å². The Hall–Kier alpha value is -1.58. The summed E-state index contributed by atoms with van der Waals surface area (Å²) >= 11 is 11.3.